The van der Waals surface area contributed by atoms with Crippen LogP contribution in [0.15, 0.2) is 29.4 Å². The zero-order valence-electron chi connectivity index (χ0n) is 15.8. The minimum atomic E-state index is -0.832. The molecule has 0 fully saturated rings. The SMILES string of the molecule is COCCNC(=O)C(=O)N/N=C\c1cc(C)n(-c2ccc(C)c(Cl)c2)c1C. The maximum Gasteiger partial charge on any atom is 0.329 e. The molecule has 1 heterocycles. The third kappa shape index (κ3) is 5.18. The Labute approximate surface area is 163 Å². The van der Waals surface area contributed by atoms with Crippen LogP contribution < -0.4 is 10.7 Å². The Balaban J connectivity index is 2.10. The van der Waals surface area contributed by atoms with Crippen LogP contribution in [0.3, 0.4) is 0 Å². The van der Waals surface area contributed by atoms with Gasteiger partial charge in [0.05, 0.1) is 12.8 Å². The molecule has 144 valence electrons. The first kappa shape index (κ1) is 20.7. The van der Waals surface area contributed by atoms with Gasteiger partial charge in [0.15, 0.2) is 0 Å². The van der Waals surface area contributed by atoms with E-state index >= 15 is 0 Å². The van der Waals surface area contributed by atoms with E-state index in [0.29, 0.717) is 11.6 Å². The normalized spacial score (nSPS) is 11.0. The predicted octanol–water partition coefficient (Wildman–Crippen LogP) is 2.27. The van der Waals surface area contributed by atoms with Crippen molar-refractivity contribution in [1.29, 1.82) is 0 Å². The molecule has 0 aliphatic carbocycles. The molecule has 0 bridgehead atoms. The topological polar surface area (TPSA) is 84.7 Å². The van der Waals surface area contributed by atoms with E-state index in [9.17, 15) is 9.59 Å². The fraction of sp³-hybridized carbons (Fsp3) is 0.316. The number of rotatable bonds is 6. The van der Waals surface area contributed by atoms with E-state index in [4.69, 9.17) is 16.3 Å². The van der Waals surface area contributed by atoms with Gasteiger partial charge in [-0.1, -0.05) is 17.7 Å². The van der Waals surface area contributed by atoms with Crippen molar-refractivity contribution >= 4 is 29.6 Å². The van der Waals surface area contributed by atoms with Gasteiger partial charge in [0, 0.05) is 41.3 Å². The molecule has 2 N–H and O–H groups in total. The molecule has 2 amide bonds. The first-order valence-electron chi connectivity index (χ1n) is 8.40. The van der Waals surface area contributed by atoms with Gasteiger partial charge in [-0.3, -0.25) is 9.59 Å². The molecule has 1 aromatic heterocycles. The van der Waals surface area contributed by atoms with Crippen molar-refractivity contribution in [2.45, 2.75) is 20.8 Å². The second-order valence-corrected chi connectivity index (χ2v) is 6.45. The van der Waals surface area contributed by atoms with Gasteiger partial charge in [-0.15, -0.1) is 0 Å². The maximum atomic E-state index is 11.7. The number of nitrogens with one attached hydrogen (secondary N) is 2. The van der Waals surface area contributed by atoms with E-state index in [0.717, 1.165) is 28.2 Å². The Kier molecular flexibility index (Phi) is 7.15. The molecule has 0 spiro atoms. The van der Waals surface area contributed by atoms with Gasteiger partial charge in [-0.05, 0) is 44.5 Å². The standard InChI is InChI=1S/C19H23ClN4O3/c1-12-5-6-16(10-17(12)20)24-13(2)9-15(14(24)3)11-22-23-19(26)18(25)21-7-8-27-4/h5-6,9-11H,7-8H2,1-4H3,(H,21,25)(H,23,26)/b22-11-. The number of hydrazone groups is 1. The lowest BCUT2D eigenvalue weighted by Crippen LogP contribution is -2.39. The number of benzene rings is 1. The minimum absolute atomic E-state index is 0.257. The third-order valence-corrected chi connectivity index (χ3v) is 4.46. The molecule has 0 saturated heterocycles. The van der Waals surface area contributed by atoms with Crippen LogP contribution in [-0.2, 0) is 14.3 Å². The van der Waals surface area contributed by atoms with E-state index in [1.807, 2.05) is 49.6 Å². The van der Waals surface area contributed by atoms with E-state index in [-0.39, 0.29) is 6.54 Å². The third-order valence-electron chi connectivity index (χ3n) is 4.05. The summed E-state index contributed by atoms with van der Waals surface area (Å²) in [5.74, 6) is -1.59. The molecule has 0 aliphatic heterocycles. The van der Waals surface area contributed by atoms with Crippen molar-refractivity contribution in [1.82, 2.24) is 15.3 Å². The van der Waals surface area contributed by atoms with Crippen molar-refractivity contribution in [3.63, 3.8) is 0 Å². The van der Waals surface area contributed by atoms with Gasteiger partial charge >= 0.3 is 11.8 Å². The van der Waals surface area contributed by atoms with Gasteiger partial charge in [-0.25, -0.2) is 5.43 Å². The number of nitrogens with zero attached hydrogens (tertiary/aromatic N) is 2. The molecule has 27 heavy (non-hydrogen) atoms. The predicted molar refractivity (Wildman–Crippen MR) is 106 cm³/mol. The molecule has 7 nitrogen and oxygen atoms in total. The number of carbonyl (C=O) groups is 2. The summed E-state index contributed by atoms with van der Waals surface area (Å²) < 4.78 is 6.85. The second kappa shape index (κ2) is 9.34. The number of hydrogen-bond donors (Lipinski definition) is 2. The molecule has 0 unspecified atom stereocenters. The molecule has 2 aromatic rings. The summed E-state index contributed by atoms with van der Waals surface area (Å²) in [6.07, 6.45) is 1.51. The average molecular weight is 391 g/mol. The van der Waals surface area contributed by atoms with Crippen LogP contribution in [0.25, 0.3) is 5.69 Å². The van der Waals surface area contributed by atoms with Crippen LogP contribution in [0.1, 0.15) is 22.5 Å². The Bertz CT molecular complexity index is 874. The Hall–Kier alpha value is -2.64. The van der Waals surface area contributed by atoms with Gasteiger partial charge < -0.3 is 14.6 Å². The van der Waals surface area contributed by atoms with Crippen molar-refractivity contribution in [2.75, 3.05) is 20.3 Å². The number of hydrogen-bond acceptors (Lipinski definition) is 4. The summed E-state index contributed by atoms with van der Waals surface area (Å²) >= 11 is 6.24. The lowest BCUT2D eigenvalue weighted by molar-refractivity contribution is -0.139. The number of ether oxygens (including phenoxy) is 1. The molecule has 2 rings (SSSR count). The number of aromatic nitrogens is 1. The van der Waals surface area contributed by atoms with Crippen molar-refractivity contribution < 1.29 is 14.3 Å². The largest absolute Gasteiger partial charge is 0.383 e. The smallest absolute Gasteiger partial charge is 0.329 e. The zero-order valence-corrected chi connectivity index (χ0v) is 16.6. The van der Waals surface area contributed by atoms with Crippen molar-refractivity contribution in [3.8, 4) is 5.69 Å². The molecule has 1 aromatic carbocycles. The first-order valence-corrected chi connectivity index (χ1v) is 8.78. The molecule has 0 saturated carbocycles. The number of halogens is 1. The summed E-state index contributed by atoms with van der Waals surface area (Å²) in [6.45, 7) is 6.46. The molecular weight excluding hydrogens is 368 g/mol. The average Bonchev–Trinajstić information content (AvgIpc) is 2.91. The number of methoxy groups -OCH3 is 1. The molecular formula is C19H23ClN4O3. The lowest BCUT2D eigenvalue weighted by atomic mass is 10.2. The van der Waals surface area contributed by atoms with Crippen LogP contribution in [0.5, 0.6) is 0 Å². The van der Waals surface area contributed by atoms with Gasteiger partial charge in [-0.2, -0.15) is 5.10 Å². The summed E-state index contributed by atoms with van der Waals surface area (Å²) in [6, 6.07) is 7.81. The number of amides is 2. The maximum absolute atomic E-state index is 11.7. The van der Waals surface area contributed by atoms with Crippen LogP contribution >= 0.6 is 11.6 Å². The van der Waals surface area contributed by atoms with Crippen LogP contribution in [0.4, 0.5) is 0 Å². The van der Waals surface area contributed by atoms with Gasteiger partial charge in [0.2, 0.25) is 0 Å². The van der Waals surface area contributed by atoms with E-state index in [2.05, 4.69) is 15.8 Å². The van der Waals surface area contributed by atoms with Crippen molar-refractivity contribution in [2.24, 2.45) is 5.10 Å². The molecule has 0 atom stereocenters. The summed E-state index contributed by atoms with van der Waals surface area (Å²) in [7, 11) is 1.51. The van der Waals surface area contributed by atoms with Crippen molar-refractivity contribution in [3.05, 3.63) is 51.8 Å². The molecule has 8 heteroatoms. The summed E-state index contributed by atoms with van der Waals surface area (Å²) in [5, 5.41) is 6.99. The fourth-order valence-electron chi connectivity index (χ4n) is 2.59. The number of carbonyl (C=O) groups excluding carboxylic acids is 2. The highest BCUT2D eigenvalue weighted by atomic mass is 35.5. The highest BCUT2D eigenvalue weighted by molar-refractivity contribution is 6.35. The Morgan fingerprint density at radius 2 is 1.96 bits per heavy atom. The van der Waals surface area contributed by atoms with Crippen LogP contribution in [0, 0.1) is 20.8 Å². The van der Waals surface area contributed by atoms with Gasteiger partial charge in [0.1, 0.15) is 0 Å². The fourth-order valence-corrected chi connectivity index (χ4v) is 2.77. The first-order chi connectivity index (χ1) is 12.8. The quantitative estimate of drug-likeness (QED) is 0.343. The Morgan fingerprint density at radius 1 is 1.22 bits per heavy atom. The second-order valence-electron chi connectivity index (χ2n) is 6.04. The summed E-state index contributed by atoms with van der Waals surface area (Å²) in [5.41, 5.74) is 6.93. The minimum Gasteiger partial charge on any atom is -0.383 e. The lowest BCUT2D eigenvalue weighted by Gasteiger charge is -2.11. The van der Waals surface area contributed by atoms with E-state index in [1.54, 1.807) is 0 Å². The van der Waals surface area contributed by atoms with E-state index in [1.165, 1.54) is 13.3 Å². The monoisotopic (exact) mass is 390 g/mol. The highest BCUT2D eigenvalue weighted by Crippen LogP contribution is 2.24. The van der Waals surface area contributed by atoms with Gasteiger partial charge in [0.25, 0.3) is 0 Å². The Morgan fingerprint density at radius 3 is 2.63 bits per heavy atom. The molecule has 0 radical (unpaired) electrons. The highest BCUT2D eigenvalue weighted by Gasteiger charge is 2.13. The molecule has 0 aliphatic rings. The van der Waals surface area contributed by atoms with Crippen LogP contribution in [-0.4, -0.2) is 42.9 Å². The van der Waals surface area contributed by atoms with Crippen LogP contribution in [0.2, 0.25) is 5.02 Å². The zero-order chi connectivity index (χ0) is 20.0. The number of aryl methyl sites for hydroxylation is 2. The van der Waals surface area contributed by atoms with E-state index < -0.39 is 11.8 Å². The summed E-state index contributed by atoms with van der Waals surface area (Å²) in [4.78, 5) is 23.2.